The molecule has 1 atom stereocenters. The summed E-state index contributed by atoms with van der Waals surface area (Å²) in [7, 11) is 2.14. The zero-order chi connectivity index (χ0) is 16.7. The summed E-state index contributed by atoms with van der Waals surface area (Å²) < 4.78 is 0. The third-order valence-electron chi connectivity index (χ3n) is 4.58. The van der Waals surface area contributed by atoms with Crippen LogP contribution in [0.2, 0.25) is 0 Å². The molecule has 24 heavy (non-hydrogen) atoms. The van der Waals surface area contributed by atoms with Gasteiger partial charge in [0.25, 0.3) is 0 Å². The molecule has 1 aromatic heterocycles. The van der Waals surface area contributed by atoms with E-state index in [1.165, 1.54) is 24.9 Å². The Morgan fingerprint density at radius 2 is 2.25 bits per heavy atom. The maximum Gasteiger partial charge on any atom is 0.194 e. The van der Waals surface area contributed by atoms with Crippen LogP contribution in [0.4, 0.5) is 0 Å². The molecule has 1 aliphatic heterocycles. The molecule has 0 bridgehead atoms. The summed E-state index contributed by atoms with van der Waals surface area (Å²) in [5, 5.41) is 3.41. The van der Waals surface area contributed by atoms with E-state index in [0.29, 0.717) is 12.6 Å². The summed E-state index contributed by atoms with van der Waals surface area (Å²) in [6, 6.07) is 4.70. The van der Waals surface area contributed by atoms with Gasteiger partial charge in [-0.3, -0.25) is 9.88 Å². The largest absolute Gasteiger partial charge is 0.357 e. The third kappa shape index (κ3) is 5.88. The van der Waals surface area contributed by atoms with E-state index in [4.69, 9.17) is 4.99 Å². The Bertz CT molecular complexity index is 520. The molecule has 2 rings (SSSR count). The number of guanidine groups is 1. The van der Waals surface area contributed by atoms with Crippen LogP contribution in [0.5, 0.6) is 0 Å². The van der Waals surface area contributed by atoms with Gasteiger partial charge in [-0.15, -0.1) is 24.0 Å². The van der Waals surface area contributed by atoms with Gasteiger partial charge in [0.15, 0.2) is 5.96 Å². The normalized spacial score (nSPS) is 18.3. The summed E-state index contributed by atoms with van der Waals surface area (Å²) in [6.45, 7) is 11.4. The molecular formula is C18H32IN5. The van der Waals surface area contributed by atoms with Crippen LogP contribution in [0.1, 0.15) is 37.9 Å². The van der Waals surface area contributed by atoms with Crippen molar-refractivity contribution in [3.63, 3.8) is 0 Å². The van der Waals surface area contributed by atoms with Crippen LogP contribution < -0.4 is 5.32 Å². The Balaban J connectivity index is 0.00000288. The van der Waals surface area contributed by atoms with Gasteiger partial charge in [0.05, 0.1) is 12.2 Å². The van der Waals surface area contributed by atoms with Crippen molar-refractivity contribution in [2.45, 2.75) is 46.2 Å². The molecule has 0 saturated carbocycles. The van der Waals surface area contributed by atoms with Crippen LogP contribution in [-0.2, 0) is 6.54 Å². The Morgan fingerprint density at radius 3 is 2.92 bits per heavy atom. The van der Waals surface area contributed by atoms with Crippen molar-refractivity contribution in [3.8, 4) is 0 Å². The third-order valence-corrected chi connectivity index (χ3v) is 4.58. The Morgan fingerprint density at radius 1 is 1.46 bits per heavy atom. The van der Waals surface area contributed by atoms with E-state index < -0.39 is 0 Å². The van der Waals surface area contributed by atoms with Crippen molar-refractivity contribution in [2.24, 2.45) is 4.99 Å². The highest BCUT2D eigenvalue weighted by Gasteiger charge is 2.24. The topological polar surface area (TPSA) is 43.8 Å². The Labute approximate surface area is 163 Å². The first-order valence-electron chi connectivity index (χ1n) is 8.79. The number of aryl methyl sites for hydroxylation is 1. The first-order valence-corrected chi connectivity index (χ1v) is 8.79. The molecule has 1 aromatic rings. The number of aromatic nitrogens is 1. The highest BCUT2D eigenvalue weighted by molar-refractivity contribution is 14.0. The molecule has 1 fully saturated rings. The van der Waals surface area contributed by atoms with Crippen LogP contribution in [0.25, 0.3) is 0 Å². The fourth-order valence-corrected chi connectivity index (χ4v) is 3.22. The van der Waals surface area contributed by atoms with Gasteiger partial charge in [0.2, 0.25) is 0 Å². The van der Waals surface area contributed by atoms with Crippen LogP contribution in [0, 0.1) is 6.92 Å². The summed E-state index contributed by atoms with van der Waals surface area (Å²) in [6.07, 6.45) is 4.44. The van der Waals surface area contributed by atoms with E-state index in [-0.39, 0.29) is 24.0 Å². The smallest absolute Gasteiger partial charge is 0.194 e. The van der Waals surface area contributed by atoms with Gasteiger partial charge in [0, 0.05) is 32.4 Å². The molecule has 0 aliphatic carbocycles. The van der Waals surface area contributed by atoms with Gasteiger partial charge in [-0.25, -0.2) is 4.99 Å². The number of pyridine rings is 1. The molecule has 0 spiro atoms. The van der Waals surface area contributed by atoms with E-state index >= 15 is 0 Å². The van der Waals surface area contributed by atoms with Crippen molar-refractivity contribution in [3.05, 3.63) is 29.6 Å². The van der Waals surface area contributed by atoms with E-state index in [0.717, 1.165) is 31.3 Å². The molecule has 1 aliphatic rings. The first-order chi connectivity index (χ1) is 11.2. The summed E-state index contributed by atoms with van der Waals surface area (Å²) in [4.78, 5) is 14.1. The van der Waals surface area contributed by atoms with Crippen molar-refractivity contribution >= 4 is 29.9 Å². The van der Waals surface area contributed by atoms with Gasteiger partial charge in [0.1, 0.15) is 0 Å². The van der Waals surface area contributed by atoms with Gasteiger partial charge in [-0.1, -0.05) is 13.0 Å². The average Bonchev–Trinajstić information content (AvgIpc) is 2.99. The molecule has 0 amide bonds. The second kappa shape index (κ2) is 10.9. The minimum absolute atomic E-state index is 0. The van der Waals surface area contributed by atoms with Gasteiger partial charge >= 0.3 is 0 Å². The Kier molecular flexibility index (Phi) is 9.58. The molecule has 2 heterocycles. The lowest BCUT2D eigenvalue weighted by Crippen LogP contribution is -2.45. The number of likely N-dealkylation sites (tertiary alicyclic amines) is 1. The van der Waals surface area contributed by atoms with Gasteiger partial charge < -0.3 is 10.2 Å². The number of nitrogens with one attached hydrogen (secondary N) is 1. The molecular weight excluding hydrogens is 413 g/mol. The monoisotopic (exact) mass is 445 g/mol. The van der Waals surface area contributed by atoms with Crippen LogP contribution in [0.15, 0.2) is 23.3 Å². The van der Waals surface area contributed by atoms with Crippen LogP contribution in [-0.4, -0.2) is 60.0 Å². The molecule has 136 valence electrons. The highest BCUT2D eigenvalue weighted by Crippen LogP contribution is 2.17. The zero-order valence-electron chi connectivity index (χ0n) is 15.5. The Hall–Kier alpha value is -0.890. The van der Waals surface area contributed by atoms with E-state index in [9.17, 15) is 0 Å². The fraction of sp³-hybridized carbons (Fsp3) is 0.667. The molecule has 1 saturated heterocycles. The van der Waals surface area contributed by atoms with Crippen molar-refractivity contribution < 1.29 is 0 Å². The van der Waals surface area contributed by atoms with E-state index in [1.807, 2.05) is 12.3 Å². The van der Waals surface area contributed by atoms with E-state index in [1.54, 1.807) is 0 Å². The zero-order valence-corrected chi connectivity index (χ0v) is 17.8. The first kappa shape index (κ1) is 21.2. The molecule has 1 unspecified atom stereocenters. The standard InChI is InChI=1S/C18H31N5.HI/c1-5-19-18(21-13-17-15(3)9-7-11-20-17)22(4)14-16-10-8-12-23(16)6-2;/h7,9,11,16H,5-6,8,10,12-14H2,1-4H3,(H,19,21);1H. The number of hydrogen-bond donors (Lipinski definition) is 1. The quantitative estimate of drug-likeness (QED) is 0.416. The minimum Gasteiger partial charge on any atom is -0.357 e. The SMILES string of the molecule is CCNC(=NCc1ncccc1C)N(C)CC1CCCN1CC.I. The number of halogens is 1. The second-order valence-corrected chi connectivity index (χ2v) is 6.24. The lowest BCUT2D eigenvalue weighted by molar-refractivity contribution is 0.232. The van der Waals surface area contributed by atoms with Crippen molar-refractivity contribution in [1.29, 1.82) is 0 Å². The van der Waals surface area contributed by atoms with Crippen molar-refractivity contribution in [2.75, 3.05) is 33.2 Å². The number of nitrogens with zero attached hydrogens (tertiary/aromatic N) is 4. The summed E-state index contributed by atoms with van der Waals surface area (Å²) in [5.74, 6) is 0.973. The predicted octanol–water partition coefficient (Wildman–Crippen LogP) is 2.89. The summed E-state index contributed by atoms with van der Waals surface area (Å²) >= 11 is 0. The van der Waals surface area contributed by atoms with Gasteiger partial charge in [-0.05, 0) is 51.4 Å². The average molecular weight is 445 g/mol. The molecule has 1 N–H and O–H groups in total. The highest BCUT2D eigenvalue weighted by atomic mass is 127. The molecule has 0 radical (unpaired) electrons. The van der Waals surface area contributed by atoms with Crippen LogP contribution in [0.3, 0.4) is 0 Å². The number of likely N-dealkylation sites (N-methyl/N-ethyl adjacent to an activating group) is 2. The van der Waals surface area contributed by atoms with Crippen molar-refractivity contribution in [1.82, 2.24) is 20.1 Å². The molecule has 6 heteroatoms. The minimum atomic E-state index is 0. The van der Waals surface area contributed by atoms with Gasteiger partial charge in [-0.2, -0.15) is 0 Å². The maximum atomic E-state index is 4.79. The molecule has 0 aromatic carbocycles. The second-order valence-electron chi connectivity index (χ2n) is 6.24. The maximum absolute atomic E-state index is 4.79. The molecule has 5 nitrogen and oxygen atoms in total. The number of aliphatic imine (C=N–C) groups is 1. The summed E-state index contributed by atoms with van der Waals surface area (Å²) in [5.41, 5.74) is 2.25. The van der Waals surface area contributed by atoms with E-state index in [2.05, 4.69) is 54.0 Å². The fourth-order valence-electron chi connectivity index (χ4n) is 3.22. The number of hydrogen-bond acceptors (Lipinski definition) is 3. The number of rotatable bonds is 6. The lowest BCUT2D eigenvalue weighted by Gasteiger charge is -2.29. The predicted molar refractivity (Wildman–Crippen MR) is 112 cm³/mol. The lowest BCUT2D eigenvalue weighted by atomic mass is 10.2. The van der Waals surface area contributed by atoms with Crippen LogP contribution >= 0.6 is 24.0 Å².